The largest absolute Gasteiger partial charge is 0.491 e. The predicted octanol–water partition coefficient (Wildman–Crippen LogP) is 4.37. The van der Waals surface area contributed by atoms with Gasteiger partial charge >= 0.3 is 0 Å². The number of ether oxygens (including phenoxy) is 1. The molecule has 0 radical (unpaired) electrons. The number of rotatable bonds is 4. The van der Waals surface area contributed by atoms with E-state index >= 15 is 0 Å². The molecule has 0 saturated carbocycles. The van der Waals surface area contributed by atoms with Crippen LogP contribution in [-0.2, 0) is 0 Å². The summed E-state index contributed by atoms with van der Waals surface area (Å²) in [6.45, 7) is 5.47. The zero-order chi connectivity index (χ0) is 18.8. The Morgan fingerprint density at radius 1 is 1.19 bits per heavy atom. The summed E-state index contributed by atoms with van der Waals surface area (Å²) in [7, 11) is 0. The third-order valence-electron chi connectivity index (χ3n) is 4.98. The number of carbonyl (C=O) groups excluding carboxylic acids is 1. The minimum Gasteiger partial charge on any atom is -0.491 e. The van der Waals surface area contributed by atoms with Crippen LogP contribution in [-0.4, -0.2) is 40.0 Å². The van der Waals surface area contributed by atoms with Gasteiger partial charge in [0.2, 0.25) is 0 Å². The first kappa shape index (κ1) is 17.6. The van der Waals surface area contributed by atoms with Crippen molar-refractivity contribution in [3.63, 3.8) is 0 Å². The van der Waals surface area contributed by atoms with E-state index in [1.165, 1.54) is 0 Å². The Bertz CT molecular complexity index is 897. The van der Waals surface area contributed by atoms with Crippen LogP contribution in [0.4, 0.5) is 0 Å². The molecule has 1 aliphatic rings. The Morgan fingerprint density at radius 2 is 1.96 bits per heavy atom. The monoisotopic (exact) mass is 363 g/mol. The number of H-pyrrole nitrogens is 1. The van der Waals surface area contributed by atoms with E-state index < -0.39 is 0 Å². The highest BCUT2D eigenvalue weighted by atomic mass is 16.5. The summed E-state index contributed by atoms with van der Waals surface area (Å²) in [5.74, 6) is 2.10. The average Bonchev–Trinajstić information content (AvgIpc) is 3.12. The summed E-state index contributed by atoms with van der Waals surface area (Å²) >= 11 is 0. The number of fused-ring (bicyclic) bond motifs is 1. The number of para-hydroxylation sites is 2. The second kappa shape index (κ2) is 7.43. The molecule has 0 unspecified atom stereocenters. The number of aromatic amines is 1. The molecule has 0 bridgehead atoms. The second-order valence-electron chi connectivity index (χ2n) is 7.42. The number of nitrogens with zero attached hydrogens (tertiary/aromatic N) is 2. The van der Waals surface area contributed by atoms with E-state index in [1.807, 2.05) is 67.3 Å². The zero-order valence-electron chi connectivity index (χ0n) is 15.8. The first-order valence-corrected chi connectivity index (χ1v) is 9.61. The van der Waals surface area contributed by atoms with Crippen molar-refractivity contribution in [2.45, 2.75) is 38.7 Å². The Kier molecular flexibility index (Phi) is 4.84. The molecule has 3 aromatic rings. The van der Waals surface area contributed by atoms with Gasteiger partial charge in [-0.2, -0.15) is 0 Å². The van der Waals surface area contributed by atoms with Gasteiger partial charge in [-0.15, -0.1) is 0 Å². The molecule has 2 aromatic carbocycles. The Hall–Kier alpha value is -2.82. The van der Waals surface area contributed by atoms with Crippen LogP contribution in [0.5, 0.6) is 5.75 Å². The maximum atomic E-state index is 12.9. The predicted molar refractivity (Wildman–Crippen MR) is 106 cm³/mol. The van der Waals surface area contributed by atoms with Crippen molar-refractivity contribution >= 4 is 16.9 Å². The third-order valence-corrected chi connectivity index (χ3v) is 4.98. The van der Waals surface area contributed by atoms with Gasteiger partial charge < -0.3 is 14.6 Å². The van der Waals surface area contributed by atoms with Crippen molar-refractivity contribution in [3.05, 3.63) is 59.9 Å². The number of benzene rings is 2. The lowest BCUT2D eigenvalue weighted by Crippen LogP contribution is -2.39. The average molecular weight is 363 g/mol. The molecule has 27 heavy (non-hydrogen) atoms. The fourth-order valence-corrected chi connectivity index (χ4v) is 3.68. The van der Waals surface area contributed by atoms with Crippen molar-refractivity contribution < 1.29 is 9.53 Å². The molecule has 140 valence electrons. The summed E-state index contributed by atoms with van der Waals surface area (Å²) in [6, 6.07) is 15.5. The number of hydrogen-bond acceptors (Lipinski definition) is 3. The Morgan fingerprint density at radius 3 is 2.70 bits per heavy atom. The fourth-order valence-electron chi connectivity index (χ4n) is 3.68. The molecule has 5 heteroatoms. The van der Waals surface area contributed by atoms with E-state index in [9.17, 15) is 4.79 Å². The molecule has 5 nitrogen and oxygen atoms in total. The Balaban J connectivity index is 1.48. The number of piperidine rings is 1. The Labute approximate surface area is 159 Å². The first-order valence-electron chi connectivity index (χ1n) is 9.61. The third kappa shape index (κ3) is 3.82. The topological polar surface area (TPSA) is 58.2 Å². The summed E-state index contributed by atoms with van der Waals surface area (Å²) in [6.07, 6.45) is 2.16. The molecule has 1 aliphatic heterocycles. The molecule has 1 atom stereocenters. The molecule has 0 aliphatic carbocycles. The van der Waals surface area contributed by atoms with Gasteiger partial charge in [0.1, 0.15) is 11.6 Å². The smallest absolute Gasteiger partial charge is 0.253 e. The number of nitrogens with one attached hydrogen (secondary N) is 1. The molecular weight excluding hydrogens is 338 g/mol. The molecule has 1 amide bonds. The van der Waals surface area contributed by atoms with Crippen molar-refractivity contribution in [2.75, 3.05) is 13.1 Å². The van der Waals surface area contributed by atoms with E-state index in [-0.39, 0.29) is 17.9 Å². The summed E-state index contributed by atoms with van der Waals surface area (Å²) in [4.78, 5) is 23.0. The van der Waals surface area contributed by atoms with Crippen LogP contribution in [0, 0.1) is 0 Å². The SMILES string of the molecule is CC(C)Oc1ccc(C(=O)N2CCC[C@@H](c3nc4ccccc4[nH]3)C2)cc1. The fraction of sp³-hybridized carbons (Fsp3) is 0.364. The molecule has 1 saturated heterocycles. The van der Waals surface area contributed by atoms with E-state index in [0.29, 0.717) is 12.1 Å². The molecule has 1 aromatic heterocycles. The van der Waals surface area contributed by atoms with Gasteiger partial charge in [-0.1, -0.05) is 12.1 Å². The van der Waals surface area contributed by atoms with Crippen LogP contribution < -0.4 is 4.74 Å². The number of carbonyl (C=O) groups is 1. The normalized spacial score (nSPS) is 17.4. The zero-order valence-corrected chi connectivity index (χ0v) is 15.8. The summed E-state index contributed by atoms with van der Waals surface area (Å²) in [5, 5.41) is 0. The number of likely N-dealkylation sites (tertiary alicyclic amines) is 1. The van der Waals surface area contributed by atoms with Gasteiger partial charge in [0, 0.05) is 24.6 Å². The number of amides is 1. The number of imidazole rings is 1. The van der Waals surface area contributed by atoms with E-state index in [2.05, 4.69) is 4.98 Å². The van der Waals surface area contributed by atoms with E-state index in [1.54, 1.807) is 0 Å². The lowest BCUT2D eigenvalue weighted by Gasteiger charge is -2.32. The molecule has 1 N–H and O–H groups in total. The highest BCUT2D eigenvalue weighted by Gasteiger charge is 2.27. The van der Waals surface area contributed by atoms with Crippen LogP contribution in [0.15, 0.2) is 48.5 Å². The van der Waals surface area contributed by atoms with Gasteiger partial charge in [-0.25, -0.2) is 4.98 Å². The number of hydrogen-bond donors (Lipinski definition) is 1. The lowest BCUT2D eigenvalue weighted by molar-refractivity contribution is 0.0705. The van der Waals surface area contributed by atoms with Gasteiger partial charge in [0.05, 0.1) is 17.1 Å². The van der Waals surface area contributed by atoms with Crippen LogP contribution >= 0.6 is 0 Å². The van der Waals surface area contributed by atoms with Crippen LogP contribution in [0.1, 0.15) is 48.8 Å². The van der Waals surface area contributed by atoms with Gasteiger partial charge in [-0.3, -0.25) is 4.79 Å². The standard InChI is InChI=1S/C22H25N3O2/c1-15(2)27-18-11-9-16(10-12-18)22(26)25-13-5-6-17(14-25)21-23-19-7-3-4-8-20(19)24-21/h3-4,7-12,15,17H,5-6,13-14H2,1-2H3,(H,23,24)/t17-/m1/s1. The molecular formula is C22H25N3O2. The highest BCUT2D eigenvalue weighted by molar-refractivity contribution is 5.94. The minimum absolute atomic E-state index is 0.0758. The van der Waals surface area contributed by atoms with Gasteiger partial charge in [-0.05, 0) is 63.1 Å². The van der Waals surface area contributed by atoms with E-state index in [0.717, 1.165) is 42.0 Å². The summed E-state index contributed by atoms with van der Waals surface area (Å²) < 4.78 is 5.66. The number of aromatic nitrogens is 2. The summed E-state index contributed by atoms with van der Waals surface area (Å²) in [5.41, 5.74) is 2.74. The van der Waals surface area contributed by atoms with Gasteiger partial charge in [0.15, 0.2) is 0 Å². The lowest BCUT2D eigenvalue weighted by atomic mass is 9.96. The van der Waals surface area contributed by atoms with Crippen molar-refractivity contribution in [1.82, 2.24) is 14.9 Å². The van der Waals surface area contributed by atoms with Crippen LogP contribution in [0.25, 0.3) is 11.0 Å². The maximum Gasteiger partial charge on any atom is 0.253 e. The van der Waals surface area contributed by atoms with E-state index in [4.69, 9.17) is 9.72 Å². The van der Waals surface area contributed by atoms with Gasteiger partial charge in [0.25, 0.3) is 5.91 Å². The molecule has 1 fully saturated rings. The highest BCUT2D eigenvalue weighted by Crippen LogP contribution is 2.28. The van der Waals surface area contributed by atoms with Crippen molar-refractivity contribution in [2.24, 2.45) is 0 Å². The minimum atomic E-state index is 0.0758. The molecule has 0 spiro atoms. The molecule has 2 heterocycles. The first-order chi connectivity index (χ1) is 13.1. The van der Waals surface area contributed by atoms with Crippen molar-refractivity contribution in [1.29, 1.82) is 0 Å². The second-order valence-corrected chi connectivity index (χ2v) is 7.42. The van der Waals surface area contributed by atoms with Crippen LogP contribution in [0.2, 0.25) is 0 Å². The van der Waals surface area contributed by atoms with Crippen molar-refractivity contribution in [3.8, 4) is 5.75 Å². The van der Waals surface area contributed by atoms with Crippen LogP contribution in [0.3, 0.4) is 0 Å². The maximum absolute atomic E-state index is 12.9. The quantitative estimate of drug-likeness (QED) is 0.749. The molecule has 4 rings (SSSR count).